The van der Waals surface area contributed by atoms with Gasteiger partial charge in [-0.3, -0.25) is 14.9 Å². The second-order valence-electron chi connectivity index (χ2n) is 5.68. The van der Waals surface area contributed by atoms with Crippen molar-refractivity contribution >= 4 is 46.7 Å². The summed E-state index contributed by atoms with van der Waals surface area (Å²) >= 11 is 6.00. The highest BCUT2D eigenvalue weighted by molar-refractivity contribution is 6.33. The summed E-state index contributed by atoms with van der Waals surface area (Å²) in [6.45, 7) is 0. The number of benzene rings is 2. The number of amides is 2. The molecule has 138 valence electrons. The van der Waals surface area contributed by atoms with Gasteiger partial charge in [0.15, 0.2) is 0 Å². The quantitative estimate of drug-likeness (QED) is 0.475. The van der Waals surface area contributed by atoms with E-state index in [1.807, 2.05) is 30.3 Å². The van der Waals surface area contributed by atoms with Gasteiger partial charge in [-0.25, -0.2) is 4.99 Å². The van der Waals surface area contributed by atoms with Gasteiger partial charge in [0, 0.05) is 5.69 Å². The first kappa shape index (κ1) is 18.4. The number of hydrogen-bond acceptors (Lipinski definition) is 4. The monoisotopic (exact) mass is 384 g/mol. The first-order valence-electron chi connectivity index (χ1n) is 8.10. The lowest BCUT2D eigenvalue weighted by Crippen LogP contribution is -2.32. The molecule has 3 rings (SSSR count). The van der Waals surface area contributed by atoms with Gasteiger partial charge in [-0.1, -0.05) is 41.9 Å². The van der Waals surface area contributed by atoms with E-state index < -0.39 is 11.9 Å². The summed E-state index contributed by atoms with van der Waals surface area (Å²) in [4.78, 5) is 32.3. The number of halogens is 1. The molecular formula is C18H17ClN6O2. The SMILES string of the molecule is NC(=NC1=N[C@@H](CC(=O)Nc2ccccc2Cl)C(=O)N1)Nc1ccccc1. The van der Waals surface area contributed by atoms with Crippen LogP contribution in [0.2, 0.25) is 5.02 Å². The van der Waals surface area contributed by atoms with Crippen LogP contribution in [0.1, 0.15) is 6.42 Å². The normalized spacial score (nSPS) is 16.5. The van der Waals surface area contributed by atoms with Crippen LogP contribution in [0.5, 0.6) is 0 Å². The Kier molecular flexibility index (Phi) is 5.68. The zero-order chi connectivity index (χ0) is 19.2. The summed E-state index contributed by atoms with van der Waals surface area (Å²) in [6, 6.07) is 15.2. The number of nitrogens with one attached hydrogen (secondary N) is 3. The topological polar surface area (TPSA) is 121 Å². The summed E-state index contributed by atoms with van der Waals surface area (Å²) in [7, 11) is 0. The van der Waals surface area contributed by atoms with Gasteiger partial charge in [-0.15, -0.1) is 0 Å². The zero-order valence-corrected chi connectivity index (χ0v) is 14.9. The number of carbonyl (C=O) groups is 2. The predicted octanol–water partition coefficient (Wildman–Crippen LogP) is 1.95. The largest absolute Gasteiger partial charge is 0.369 e. The molecule has 1 aliphatic rings. The van der Waals surface area contributed by atoms with E-state index in [-0.39, 0.29) is 24.2 Å². The average Bonchev–Trinajstić information content (AvgIpc) is 2.96. The molecule has 0 saturated heterocycles. The van der Waals surface area contributed by atoms with Crippen molar-refractivity contribution in [1.29, 1.82) is 0 Å². The maximum atomic E-state index is 12.1. The van der Waals surface area contributed by atoms with Gasteiger partial charge in [0.2, 0.25) is 17.8 Å². The molecule has 2 aromatic rings. The molecule has 0 spiro atoms. The standard InChI is InChI=1S/C18H17ClN6O2/c19-12-8-4-5-9-13(12)22-15(26)10-14-16(27)24-18(23-14)25-17(20)21-11-6-2-1-3-7-11/h1-9,14H,10H2,(H,22,26)(H4,20,21,23,24,25,27)/t14-/m0/s1. The highest BCUT2D eigenvalue weighted by Crippen LogP contribution is 2.21. The van der Waals surface area contributed by atoms with E-state index in [9.17, 15) is 9.59 Å². The lowest BCUT2D eigenvalue weighted by molar-refractivity contribution is -0.123. The maximum absolute atomic E-state index is 12.1. The molecule has 5 N–H and O–H groups in total. The Morgan fingerprint density at radius 1 is 1.15 bits per heavy atom. The van der Waals surface area contributed by atoms with Crippen molar-refractivity contribution < 1.29 is 9.59 Å². The molecule has 0 fully saturated rings. The molecular weight excluding hydrogens is 368 g/mol. The van der Waals surface area contributed by atoms with Crippen LogP contribution in [-0.4, -0.2) is 29.8 Å². The molecule has 2 aromatic carbocycles. The summed E-state index contributed by atoms with van der Waals surface area (Å²) in [5, 5.41) is 8.44. The van der Waals surface area contributed by atoms with Crippen LogP contribution in [0.3, 0.4) is 0 Å². The second kappa shape index (κ2) is 8.33. The molecule has 0 unspecified atom stereocenters. The van der Waals surface area contributed by atoms with Crippen molar-refractivity contribution in [3.63, 3.8) is 0 Å². The first-order valence-corrected chi connectivity index (χ1v) is 8.48. The Balaban J connectivity index is 1.61. The fourth-order valence-corrected chi connectivity index (χ4v) is 2.56. The summed E-state index contributed by atoms with van der Waals surface area (Å²) in [5.74, 6) is -0.680. The smallest absolute Gasteiger partial charge is 0.252 e. The van der Waals surface area contributed by atoms with Crippen LogP contribution in [0.15, 0.2) is 64.6 Å². The number of hydrogen-bond donors (Lipinski definition) is 4. The van der Waals surface area contributed by atoms with Crippen LogP contribution in [0, 0.1) is 0 Å². The molecule has 1 atom stereocenters. The van der Waals surface area contributed by atoms with Gasteiger partial charge in [0.1, 0.15) is 6.04 Å². The van der Waals surface area contributed by atoms with E-state index in [4.69, 9.17) is 17.3 Å². The Morgan fingerprint density at radius 3 is 2.59 bits per heavy atom. The number of carbonyl (C=O) groups excluding carboxylic acids is 2. The third kappa shape index (κ3) is 5.05. The molecule has 9 heteroatoms. The van der Waals surface area contributed by atoms with Crippen molar-refractivity contribution in [2.75, 3.05) is 10.6 Å². The fourth-order valence-electron chi connectivity index (χ4n) is 2.38. The highest BCUT2D eigenvalue weighted by atomic mass is 35.5. The van der Waals surface area contributed by atoms with Crippen LogP contribution in [0.25, 0.3) is 0 Å². The Labute approximate surface area is 160 Å². The molecule has 0 aromatic heterocycles. The minimum absolute atomic E-state index is 0.0523. The lowest BCUT2D eigenvalue weighted by atomic mass is 10.2. The van der Waals surface area contributed by atoms with E-state index in [1.165, 1.54) is 0 Å². The number of anilines is 2. The van der Waals surface area contributed by atoms with Crippen molar-refractivity contribution in [3.05, 3.63) is 59.6 Å². The first-order chi connectivity index (χ1) is 13.0. The number of aliphatic imine (C=N–C) groups is 2. The lowest BCUT2D eigenvalue weighted by Gasteiger charge is -2.08. The molecule has 1 heterocycles. The number of nitrogens with zero attached hydrogens (tertiary/aromatic N) is 2. The van der Waals surface area contributed by atoms with E-state index >= 15 is 0 Å². The summed E-state index contributed by atoms with van der Waals surface area (Å²) in [6.07, 6.45) is -0.137. The molecule has 8 nitrogen and oxygen atoms in total. The Bertz CT molecular complexity index is 913. The summed E-state index contributed by atoms with van der Waals surface area (Å²) in [5.41, 5.74) is 7.03. The minimum Gasteiger partial charge on any atom is -0.369 e. The maximum Gasteiger partial charge on any atom is 0.252 e. The molecule has 2 amide bonds. The van der Waals surface area contributed by atoms with Crippen LogP contribution < -0.4 is 21.7 Å². The third-order valence-corrected chi connectivity index (χ3v) is 3.94. The highest BCUT2D eigenvalue weighted by Gasteiger charge is 2.28. The molecule has 0 saturated carbocycles. The number of nitrogens with two attached hydrogens (primary N) is 1. The van der Waals surface area contributed by atoms with Crippen molar-refractivity contribution in [3.8, 4) is 0 Å². The number of para-hydroxylation sites is 2. The average molecular weight is 385 g/mol. The zero-order valence-electron chi connectivity index (χ0n) is 14.1. The van der Waals surface area contributed by atoms with Crippen molar-refractivity contribution in [2.24, 2.45) is 15.7 Å². The van der Waals surface area contributed by atoms with Gasteiger partial charge in [0.25, 0.3) is 5.91 Å². The molecule has 0 bridgehead atoms. The Morgan fingerprint density at radius 2 is 1.85 bits per heavy atom. The van der Waals surface area contributed by atoms with Crippen molar-refractivity contribution in [1.82, 2.24) is 5.32 Å². The molecule has 27 heavy (non-hydrogen) atoms. The van der Waals surface area contributed by atoms with Gasteiger partial charge < -0.3 is 16.4 Å². The Hall–Kier alpha value is -3.39. The molecule has 0 aliphatic carbocycles. The van der Waals surface area contributed by atoms with E-state index in [1.54, 1.807) is 24.3 Å². The second-order valence-corrected chi connectivity index (χ2v) is 6.09. The van der Waals surface area contributed by atoms with E-state index in [0.717, 1.165) is 5.69 Å². The van der Waals surface area contributed by atoms with Crippen LogP contribution in [-0.2, 0) is 9.59 Å². The van der Waals surface area contributed by atoms with Gasteiger partial charge in [-0.05, 0) is 24.3 Å². The molecule has 0 radical (unpaired) electrons. The van der Waals surface area contributed by atoms with Crippen molar-refractivity contribution in [2.45, 2.75) is 12.5 Å². The molecule has 1 aliphatic heterocycles. The van der Waals surface area contributed by atoms with Crippen LogP contribution >= 0.6 is 11.6 Å². The number of rotatable bonds is 4. The van der Waals surface area contributed by atoms with Gasteiger partial charge >= 0.3 is 0 Å². The number of guanidine groups is 2. The third-order valence-electron chi connectivity index (χ3n) is 3.62. The minimum atomic E-state index is -0.879. The fraction of sp³-hybridized carbons (Fsp3) is 0.111. The van der Waals surface area contributed by atoms with E-state index in [2.05, 4.69) is 25.9 Å². The van der Waals surface area contributed by atoms with E-state index in [0.29, 0.717) is 10.7 Å². The summed E-state index contributed by atoms with van der Waals surface area (Å²) < 4.78 is 0. The predicted molar refractivity (Wildman–Crippen MR) is 106 cm³/mol. The van der Waals surface area contributed by atoms with Gasteiger partial charge in [0.05, 0.1) is 17.1 Å². The van der Waals surface area contributed by atoms with Crippen LogP contribution in [0.4, 0.5) is 11.4 Å². The van der Waals surface area contributed by atoms with Gasteiger partial charge in [-0.2, -0.15) is 4.99 Å².